The first-order chi connectivity index (χ1) is 14.8. The molecule has 1 aromatic rings. The highest BCUT2D eigenvalue weighted by molar-refractivity contribution is 5.75. The summed E-state index contributed by atoms with van der Waals surface area (Å²) in [7, 11) is 0. The summed E-state index contributed by atoms with van der Waals surface area (Å²) >= 11 is 0. The maximum absolute atomic E-state index is 12.6. The highest BCUT2D eigenvalue weighted by atomic mass is 16.5. The van der Waals surface area contributed by atoms with Gasteiger partial charge in [-0.25, -0.2) is 9.78 Å². The highest BCUT2D eigenvalue weighted by Gasteiger charge is 2.39. The lowest BCUT2D eigenvalue weighted by molar-refractivity contribution is -0.0407. The fourth-order valence-electron chi connectivity index (χ4n) is 4.90. The molecule has 7 heteroatoms. The fourth-order valence-corrected chi connectivity index (χ4v) is 4.90. The van der Waals surface area contributed by atoms with Gasteiger partial charge >= 0.3 is 6.03 Å². The maximum Gasteiger partial charge on any atom is 0.317 e. The normalized spacial score (nSPS) is 22.8. The van der Waals surface area contributed by atoms with Gasteiger partial charge < -0.3 is 19.9 Å². The van der Waals surface area contributed by atoms with Gasteiger partial charge in [-0.2, -0.15) is 5.26 Å². The zero-order valence-electron chi connectivity index (χ0n) is 19.5. The highest BCUT2D eigenvalue weighted by Crippen LogP contribution is 2.45. The van der Waals surface area contributed by atoms with Crippen molar-refractivity contribution >= 4 is 11.8 Å². The molecule has 2 fully saturated rings. The van der Waals surface area contributed by atoms with E-state index in [4.69, 9.17) is 9.72 Å². The molecule has 31 heavy (non-hydrogen) atoms. The molecule has 1 aromatic heterocycles. The zero-order chi connectivity index (χ0) is 22.3. The first-order valence-corrected chi connectivity index (χ1v) is 11.6. The van der Waals surface area contributed by atoms with E-state index >= 15 is 0 Å². The third kappa shape index (κ3) is 4.23. The minimum absolute atomic E-state index is 0.00248. The molecule has 0 radical (unpaired) electrons. The Balaban J connectivity index is 1.72. The molecular formula is C24H35N5O2. The lowest BCUT2D eigenvalue weighted by Gasteiger charge is -2.44. The third-order valence-corrected chi connectivity index (χ3v) is 6.79. The van der Waals surface area contributed by atoms with Gasteiger partial charge in [0.15, 0.2) is 0 Å². The van der Waals surface area contributed by atoms with Crippen LogP contribution in [-0.4, -0.2) is 53.7 Å². The van der Waals surface area contributed by atoms with Gasteiger partial charge in [0.2, 0.25) is 0 Å². The predicted molar refractivity (Wildman–Crippen MR) is 120 cm³/mol. The van der Waals surface area contributed by atoms with Crippen LogP contribution in [0.25, 0.3) is 0 Å². The van der Waals surface area contributed by atoms with Crippen LogP contribution in [0.1, 0.15) is 75.8 Å². The fraction of sp³-hybridized carbons (Fsp3) is 0.708. The van der Waals surface area contributed by atoms with E-state index in [-0.39, 0.29) is 17.7 Å². The molecule has 1 atom stereocenters. The van der Waals surface area contributed by atoms with Crippen LogP contribution < -0.4 is 10.2 Å². The Morgan fingerprint density at radius 2 is 2.06 bits per heavy atom. The molecule has 3 heterocycles. The van der Waals surface area contributed by atoms with Crippen LogP contribution in [0.3, 0.4) is 0 Å². The van der Waals surface area contributed by atoms with Crippen LogP contribution in [0, 0.1) is 17.2 Å². The van der Waals surface area contributed by atoms with Crippen LogP contribution in [0.2, 0.25) is 0 Å². The van der Waals surface area contributed by atoms with Crippen LogP contribution in [0.5, 0.6) is 0 Å². The number of pyridine rings is 1. The topological polar surface area (TPSA) is 81.5 Å². The molecule has 0 unspecified atom stereocenters. The van der Waals surface area contributed by atoms with E-state index in [1.54, 1.807) is 0 Å². The molecule has 1 saturated carbocycles. The molecule has 168 valence electrons. The number of urea groups is 1. The minimum atomic E-state index is -0.282. The number of nitrogens with one attached hydrogen (secondary N) is 1. The van der Waals surface area contributed by atoms with Crippen molar-refractivity contribution in [3.63, 3.8) is 0 Å². The van der Waals surface area contributed by atoms with Crippen molar-refractivity contribution in [2.45, 2.75) is 78.0 Å². The Morgan fingerprint density at radius 3 is 2.68 bits per heavy atom. The first-order valence-electron chi connectivity index (χ1n) is 11.6. The summed E-state index contributed by atoms with van der Waals surface area (Å²) in [5, 5.41) is 13.1. The number of rotatable bonds is 4. The van der Waals surface area contributed by atoms with Gasteiger partial charge in [-0.1, -0.05) is 13.8 Å². The van der Waals surface area contributed by atoms with Crippen molar-refractivity contribution in [3.8, 4) is 6.07 Å². The van der Waals surface area contributed by atoms with Gasteiger partial charge in [0, 0.05) is 44.1 Å². The number of aromatic nitrogens is 1. The second-order valence-corrected chi connectivity index (χ2v) is 10.1. The molecule has 2 amide bonds. The summed E-state index contributed by atoms with van der Waals surface area (Å²) in [4.78, 5) is 21.9. The first kappa shape index (κ1) is 21.9. The van der Waals surface area contributed by atoms with Crippen LogP contribution >= 0.6 is 0 Å². The minimum Gasteiger partial charge on any atom is -0.370 e. The van der Waals surface area contributed by atoms with Gasteiger partial charge in [-0.3, -0.25) is 0 Å². The number of hydrogen-bond acceptors (Lipinski definition) is 5. The van der Waals surface area contributed by atoms with Crippen molar-refractivity contribution in [3.05, 3.63) is 22.4 Å². The number of piperazine rings is 1. The maximum atomic E-state index is 12.6. The number of amides is 2. The largest absolute Gasteiger partial charge is 0.370 e. The third-order valence-electron chi connectivity index (χ3n) is 6.79. The Labute approximate surface area is 185 Å². The van der Waals surface area contributed by atoms with Crippen molar-refractivity contribution in [2.75, 3.05) is 31.1 Å². The number of hydrogen-bond donors (Lipinski definition) is 1. The molecule has 3 aliphatic rings. The lowest BCUT2D eigenvalue weighted by Crippen LogP contribution is -2.59. The second kappa shape index (κ2) is 8.31. The van der Waals surface area contributed by atoms with Gasteiger partial charge in [0.05, 0.1) is 29.5 Å². The van der Waals surface area contributed by atoms with E-state index in [9.17, 15) is 10.1 Å². The van der Waals surface area contributed by atoms with Crippen molar-refractivity contribution < 1.29 is 9.53 Å². The lowest BCUT2D eigenvalue weighted by atomic mass is 9.87. The summed E-state index contributed by atoms with van der Waals surface area (Å²) in [5.74, 6) is 1.61. The molecule has 2 aliphatic heterocycles. The Hall–Kier alpha value is -2.33. The van der Waals surface area contributed by atoms with E-state index in [0.29, 0.717) is 50.2 Å². The molecule has 7 nitrogen and oxygen atoms in total. The second-order valence-electron chi connectivity index (χ2n) is 10.1. The number of ether oxygens (including phenoxy) is 1. The van der Waals surface area contributed by atoms with Crippen LogP contribution in [-0.2, 0) is 17.8 Å². The van der Waals surface area contributed by atoms with Gasteiger partial charge in [-0.15, -0.1) is 0 Å². The molecule has 0 bridgehead atoms. The number of carbonyl (C=O) groups is 1. The molecule has 1 saturated heterocycles. The predicted octanol–water partition coefficient (Wildman–Crippen LogP) is 3.56. The van der Waals surface area contributed by atoms with Gasteiger partial charge in [-0.05, 0) is 45.1 Å². The molecule has 0 aromatic carbocycles. The Morgan fingerprint density at radius 1 is 1.32 bits per heavy atom. The summed E-state index contributed by atoms with van der Waals surface area (Å²) in [6, 6.07) is 2.57. The summed E-state index contributed by atoms with van der Waals surface area (Å²) < 4.78 is 6.09. The molecule has 1 N–H and O–H groups in total. The zero-order valence-corrected chi connectivity index (χ0v) is 19.5. The average Bonchev–Trinajstić information content (AvgIpc) is 3.56. The summed E-state index contributed by atoms with van der Waals surface area (Å²) in [5.41, 5.74) is 3.81. The average molecular weight is 426 g/mol. The van der Waals surface area contributed by atoms with Crippen LogP contribution in [0.15, 0.2) is 0 Å². The number of anilines is 1. The summed E-state index contributed by atoms with van der Waals surface area (Å²) in [6.45, 7) is 13.6. The van der Waals surface area contributed by atoms with E-state index in [2.05, 4.69) is 44.0 Å². The van der Waals surface area contributed by atoms with Crippen molar-refractivity contribution in [1.29, 1.82) is 5.26 Å². The van der Waals surface area contributed by atoms with Gasteiger partial charge in [0.25, 0.3) is 0 Å². The smallest absolute Gasteiger partial charge is 0.317 e. The molecule has 4 rings (SSSR count). The quantitative estimate of drug-likeness (QED) is 0.798. The molecule has 1 aliphatic carbocycles. The number of fused-ring (bicyclic) bond motifs is 1. The number of nitrogens with zero attached hydrogens (tertiary/aromatic N) is 4. The standard InChI is InChI=1S/C24H35N5O2/c1-6-26-23(30)29-10-9-28(13-20(29)15(2)3)22-18(12-25)17-11-24(4,5)31-14-19(17)21(27-22)16-7-8-16/h15-16,20H,6-11,13-14H2,1-5H3,(H,26,30)/t20-/m0/s1. The van der Waals surface area contributed by atoms with E-state index in [1.165, 1.54) is 0 Å². The Kier molecular flexibility index (Phi) is 5.87. The van der Waals surface area contributed by atoms with E-state index in [1.807, 2.05) is 11.8 Å². The Bertz CT molecular complexity index is 900. The number of carbonyl (C=O) groups excluding carboxylic acids is 1. The molecule has 0 spiro atoms. The van der Waals surface area contributed by atoms with E-state index in [0.717, 1.165) is 41.9 Å². The molecular weight excluding hydrogens is 390 g/mol. The van der Waals surface area contributed by atoms with Crippen LogP contribution in [0.4, 0.5) is 10.6 Å². The van der Waals surface area contributed by atoms with Crippen molar-refractivity contribution in [2.24, 2.45) is 5.92 Å². The summed E-state index contributed by atoms with van der Waals surface area (Å²) in [6.07, 6.45) is 3.05. The van der Waals surface area contributed by atoms with E-state index < -0.39 is 0 Å². The number of nitriles is 1. The monoisotopic (exact) mass is 425 g/mol. The van der Waals surface area contributed by atoms with Gasteiger partial charge in [0.1, 0.15) is 11.9 Å². The van der Waals surface area contributed by atoms with Crippen molar-refractivity contribution in [1.82, 2.24) is 15.2 Å². The SMILES string of the molecule is CCNC(=O)N1CCN(c2nc(C3CC3)c3c(c2C#N)CC(C)(C)OC3)C[C@H]1C(C)C.